The van der Waals surface area contributed by atoms with Crippen molar-refractivity contribution in [2.45, 2.75) is 61.9 Å². The molecule has 1 saturated heterocycles. The maximum Gasteiger partial charge on any atom is 0.287 e. The highest BCUT2D eigenvalue weighted by Gasteiger charge is 2.37. The lowest BCUT2D eigenvalue weighted by atomic mass is 9.89. The first-order chi connectivity index (χ1) is 17.5. The Labute approximate surface area is 218 Å². The predicted octanol–water partition coefficient (Wildman–Crippen LogP) is 3.91. The van der Waals surface area contributed by atoms with Crippen LogP contribution in [0.4, 0.5) is 15.8 Å². The summed E-state index contributed by atoms with van der Waals surface area (Å²) in [4.78, 5) is 15.5. The number of hydrogen-bond donors (Lipinski definition) is 1. The average molecular weight is 539 g/mol. The van der Waals surface area contributed by atoms with E-state index < -0.39 is 18.0 Å². The zero-order valence-electron chi connectivity index (χ0n) is 20.1. The highest BCUT2D eigenvalue weighted by Crippen LogP contribution is 2.40. The molecule has 2 unspecified atom stereocenters. The molecule has 2 atom stereocenters. The van der Waals surface area contributed by atoms with E-state index in [1.807, 2.05) is 24.3 Å². The van der Waals surface area contributed by atoms with Crippen LogP contribution in [0.3, 0.4) is 0 Å². The van der Waals surface area contributed by atoms with E-state index in [9.17, 15) is 13.7 Å². The third-order valence-corrected chi connectivity index (χ3v) is 9.25. The number of benzene rings is 1. The third-order valence-electron chi connectivity index (χ3n) is 7.27. The van der Waals surface area contributed by atoms with Gasteiger partial charge in [-0.1, -0.05) is 11.6 Å². The summed E-state index contributed by atoms with van der Waals surface area (Å²) in [7, 11) is 0. The van der Waals surface area contributed by atoms with Crippen LogP contribution < -0.4 is 20.5 Å². The summed E-state index contributed by atoms with van der Waals surface area (Å²) in [5, 5.41) is 7.56. The van der Waals surface area contributed by atoms with E-state index in [-0.39, 0.29) is 21.9 Å². The first-order valence-electron chi connectivity index (χ1n) is 12.6. The van der Waals surface area contributed by atoms with Crippen LogP contribution in [0.15, 0.2) is 35.3 Å². The van der Waals surface area contributed by atoms with Crippen LogP contribution in [-0.2, 0) is 15.9 Å². The Bertz CT molecular complexity index is 1080. The number of alkyl halides is 1. The molecule has 2 aliphatic carbocycles. The van der Waals surface area contributed by atoms with Crippen molar-refractivity contribution in [1.29, 1.82) is 0 Å². The van der Waals surface area contributed by atoms with Crippen LogP contribution in [0.25, 0.3) is 0 Å². The summed E-state index contributed by atoms with van der Waals surface area (Å²) in [5.74, 6) is 1.06. The molecular weight excluding hydrogens is 507 g/mol. The standard InChI is InChI=1S/C25H32ClFN4O4S/c26-24-23(28-13-22-15-34-11-12-36(22)33)14-29-31(25(24)32)20-5-3-18(4-6-20)30(17-1-2-17)19-7-9-21(10-8-19)35-16-27/h7-10,14,17-18,20,22,28H,1-6,11-13,15-16H2. The average Bonchev–Trinajstić information content (AvgIpc) is 3.73. The fourth-order valence-corrected chi connectivity index (χ4v) is 6.57. The molecule has 11 heteroatoms. The first-order valence-corrected chi connectivity index (χ1v) is 14.3. The SMILES string of the molecule is O=c1c(Cl)c(NCC2COCC[S+]2[O-])cnn1C1CCC(N(c2ccc(OCF)cc2)C2CC2)CC1. The van der Waals surface area contributed by atoms with Crippen molar-refractivity contribution in [2.24, 2.45) is 0 Å². The van der Waals surface area contributed by atoms with Crippen LogP contribution in [0.5, 0.6) is 5.75 Å². The van der Waals surface area contributed by atoms with Crippen LogP contribution >= 0.6 is 11.6 Å². The summed E-state index contributed by atoms with van der Waals surface area (Å²) in [6, 6.07) is 8.55. The van der Waals surface area contributed by atoms with E-state index in [0.717, 1.165) is 31.4 Å². The largest absolute Gasteiger partial charge is 0.616 e. The number of hydrogen-bond acceptors (Lipinski definition) is 7. The molecule has 2 aromatic rings. The highest BCUT2D eigenvalue weighted by atomic mass is 35.5. The lowest BCUT2D eigenvalue weighted by Crippen LogP contribution is -2.42. The van der Waals surface area contributed by atoms with Crippen molar-refractivity contribution < 1.29 is 18.4 Å². The van der Waals surface area contributed by atoms with Crippen LogP contribution in [-0.4, -0.2) is 64.0 Å². The van der Waals surface area contributed by atoms with Crippen molar-refractivity contribution >= 4 is 34.2 Å². The van der Waals surface area contributed by atoms with E-state index in [2.05, 4.69) is 15.3 Å². The molecule has 0 amide bonds. The predicted molar refractivity (Wildman–Crippen MR) is 139 cm³/mol. The van der Waals surface area contributed by atoms with Gasteiger partial charge in [-0.05, 0) is 74.0 Å². The molecule has 196 valence electrons. The number of halogens is 2. The Hall–Kier alpha value is -2.01. The highest BCUT2D eigenvalue weighted by molar-refractivity contribution is 7.92. The van der Waals surface area contributed by atoms with E-state index >= 15 is 0 Å². The molecule has 1 N–H and O–H groups in total. The van der Waals surface area contributed by atoms with E-state index in [1.165, 1.54) is 17.5 Å². The Morgan fingerprint density at radius 3 is 2.53 bits per heavy atom. The number of rotatable bonds is 9. The van der Waals surface area contributed by atoms with Crippen molar-refractivity contribution in [3.8, 4) is 5.75 Å². The summed E-state index contributed by atoms with van der Waals surface area (Å²) in [6.07, 6.45) is 7.52. The van der Waals surface area contributed by atoms with Gasteiger partial charge in [0.1, 0.15) is 16.5 Å². The molecule has 8 nitrogen and oxygen atoms in total. The van der Waals surface area contributed by atoms with Crippen molar-refractivity contribution in [1.82, 2.24) is 9.78 Å². The smallest absolute Gasteiger partial charge is 0.287 e. The van der Waals surface area contributed by atoms with Crippen molar-refractivity contribution in [3.05, 3.63) is 45.8 Å². The molecule has 5 rings (SSSR count). The van der Waals surface area contributed by atoms with Gasteiger partial charge in [-0.3, -0.25) is 4.79 Å². The fraction of sp³-hybridized carbons (Fsp3) is 0.600. The van der Waals surface area contributed by atoms with Gasteiger partial charge in [0.25, 0.3) is 5.56 Å². The molecule has 0 spiro atoms. The van der Waals surface area contributed by atoms with Crippen LogP contribution in [0.2, 0.25) is 5.02 Å². The minimum Gasteiger partial charge on any atom is -0.616 e. The van der Waals surface area contributed by atoms with Gasteiger partial charge in [0.05, 0.1) is 37.7 Å². The number of nitrogens with one attached hydrogen (secondary N) is 1. The van der Waals surface area contributed by atoms with Crippen molar-refractivity contribution in [3.63, 3.8) is 0 Å². The Morgan fingerprint density at radius 2 is 1.89 bits per heavy atom. The molecule has 1 aromatic heterocycles. The minimum atomic E-state index is -0.954. The third kappa shape index (κ3) is 5.77. The number of anilines is 2. The van der Waals surface area contributed by atoms with Gasteiger partial charge in [0, 0.05) is 17.8 Å². The molecule has 1 aliphatic heterocycles. The van der Waals surface area contributed by atoms with Gasteiger partial charge < -0.3 is 24.2 Å². The number of ether oxygens (including phenoxy) is 2. The molecule has 3 fully saturated rings. The van der Waals surface area contributed by atoms with E-state index in [4.69, 9.17) is 21.1 Å². The fourth-order valence-electron chi connectivity index (χ4n) is 5.23. The lowest BCUT2D eigenvalue weighted by molar-refractivity contribution is 0.139. The summed E-state index contributed by atoms with van der Waals surface area (Å²) >= 11 is 5.48. The molecule has 2 heterocycles. The number of nitrogens with zero attached hydrogens (tertiary/aromatic N) is 3. The molecule has 0 bridgehead atoms. The van der Waals surface area contributed by atoms with E-state index in [1.54, 1.807) is 6.20 Å². The Kier molecular flexibility index (Phi) is 8.25. The summed E-state index contributed by atoms with van der Waals surface area (Å²) in [6.45, 7) is 0.531. The molecule has 3 aliphatic rings. The zero-order valence-corrected chi connectivity index (χ0v) is 21.7. The van der Waals surface area contributed by atoms with Crippen LogP contribution in [0, 0.1) is 0 Å². The first kappa shape index (κ1) is 25.6. The Morgan fingerprint density at radius 1 is 1.19 bits per heavy atom. The molecule has 1 aromatic carbocycles. The molecular formula is C25H32ClFN4O4S. The second-order valence-corrected chi connectivity index (χ2v) is 11.8. The monoisotopic (exact) mass is 538 g/mol. The van der Waals surface area contributed by atoms with Gasteiger partial charge in [-0.15, -0.1) is 0 Å². The molecule has 0 radical (unpaired) electrons. The van der Waals surface area contributed by atoms with Gasteiger partial charge in [-0.25, -0.2) is 9.07 Å². The van der Waals surface area contributed by atoms with Gasteiger partial charge in [0.2, 0.25) is 6.86 Å². The Balaban J connectivity index is 1.21. The van der Waals surface area contributed by atoms with Gasteiger partial charge >= 0.3 is 0 Å². The second kappa shape index (κ2) is 11.6. The topological polar surface area (TPSA) is 91.7 Å². The minimum absolute atomic E-state index is 0.000862. The maximum absolute atomic E-state index is 13.0. The van der Waals surface area contributed by atoms with Gasteiger partial charge in [-0.2, -0.15) is 5.10 Å². The normalized spacial score (nSPS) is 26.4. The van der Waals surface area contributed by atoms with Crippen LogP contribution in [0.1, 0.15) is 44.6 Å². The lowest BCUT2D eigenvalue weighted by Gasteiger charge is -2.39. The zero-order chi connectivity index (χ0) is 25.1. The quantitative estimate of drug-likeness (QED) is 0.484. The maximum atomic E-state index is 13.0. The number of aromatic nitrogens is 2. The second-order valence-electron chi connectivity index (χ2n) is 9.63. The summed E-state index contributed by atoms with van der Waals surface area (Å²) < 4.78 is 36.5. The van der Waals surface area contributed by atoms with Gasteiger partial charge in [0.15, 0.2) is 5.25 Å². The molecule has 36 heavy (non-hydrogen) atoms. The van der Waals surface area contributed by atoms with E-state index in [0.29, 0.717) is 49.0 Å². The summed E-state index contributed by atoms with van der Waals surface area (Å²) in [5.41, 5.74) is 1.30. The molecule has 2 saturated carbocycles. The van der Waals surface area contributed by atoms with Crippen molar-refractivity contribution in [2.75, 3.05) is 42.6 Å².